The Morgan fingerprint density at radius 2 is 1.72 bits per heavy atom. The summed E-state index contributed by atoms with van der Waals surface area (Å²) in [7, 11) is -1.81. The van der Waals surface area contributed by atoms with Crippen LogP contribution in [0.3, 0.4) is 0 Å². The summed E-state index contributed by atoms with van der Waals surface area (Å²) in [4.78, 5) is 12.5. The Balaban J connectivity index is 2.22. The monoisotopic (exact) mass is 360 g/mol. The smallest absolute Gasteiger partial charge is 0.255 e. The minimum absolute atomic E-state index is 0.0266. The summed E-state index contributed by atoms with van der Waals surface area (Å²) in [6.07, 6.45) is 0.829. The van der Waals surface area contributed by atoms with Gasteiger partial charge in [-0.1, -0.05) is 25.1 Å². The lowest BCUT2D eigenvalue weighted by molar-refractivity contribution is 0.102. The maximum absolute atomic E-state index is 12.5. The van der Waals surface area contributed by atoms with Gasteiger partial charge in [-0.15, -0.1) is 0 Å². The average molecular weight is 360 g/mol. The lowest BCUT2D eigenvalue weighted by atomic mass is 10.1. The number of anilines is 2. The SMILES string of the molecule is CCc1cccc(C)c1NC(=O)c1ccc(N(C)S(=O)(=O)CC)cc1. The molecule has 6 heteroatoms. The second-order valence-corrected chi connectivity index (χ2v) is 8.12. The van der Waals surface area contributed by atoms with Crippen LogP contribution < -0.4 is 9.62 Å². The van der Waals surface area contributed by atoms with E-state index in [1.54, 1.807) is 31.2 Å². The number of hydrogen-bond acceptors (Lipinski definition) is 3. The quantitative estimate of drug-likeness (QED) is 0.856. The van der Waals surface area contributed by atoms with Crippen molar-refractivity contribution in [3.63, 3.8) is 0 Å². The van der Waals surface area contributed by atoms with E-state index in [2.05, 4.69) is 5.32 Å². The number of nitrogens with one attached hydrogen (secondary N) is 1. The topological polar surface area (TPSA) is 66.5 Å². The van der Waals surface area contributed by atoms with Crippen molar-refractivity contribution >= 4 is 27.3 Å². The van der Waals surface area contributed by atoms with Gasteiger partial charge in [-0.25, -0.2) is 8.42 Å². The molecule has 0 aliphatic heterocycles. The highest BCUT2D eigenvalue weighted by atomic mass is 32.2. The average Bonchev–Trinajstić information content (AvgIpc) is 2.62. The molecule has 25 heavy (non-hydrogen) atoms. The van der Waals surface area contributed by atoms with Gasteiger partial charge in [0.15, 0.2) is 0 Å². The zero-order chi connectivity index (χ0) is 18.6. The van der Waals surface area contributed by atoms with Gasteiger partial charge in [0, 0.05) is 18.3 Å². The molecule has 0 spiro atoms. The Labute approximate surface area is 149 Å². The van der Waals surface area contributed by atoms with Gasteiger partial charge >= 0.3 is 0 Å². The third-order valence-electron chi connectivity index (χ3n) is 4.25. The molecule has 2 aromatic carbocycles. The van der Waals surface area contributed by atoms with Crippen molar-refractivity contribution in [2.75, 3.05) is 22.4 Å². The van der Waals surface area contributed by atoms with E-state index in [1.807, 2.05) is 32.0 Å². The summed E-state index contributed by atoms with van der Waals surface area (Å²) in [5.74, 6) is -0.185. The highest BCUT2D eigenvalue weighted by molar-refractivity contribution is 7.92. The maximum atomic E-state index is 12.5. The summed E-state index contributed by atoms with van der Waals surface area (Å²) in [5, 5.41) is 2.97. The number of amides is 1. The Kier molecular flexibility index (Phi) is 5.85. The second kappa shape index (κ2) is 7.70. The van der Waals surface area contributed by atoms with Crippen molar-refractivity contribution in [2.24, 2.45) is 0 Å². The molecule has 0 aliphatic rings. The van der Waals surface area contributed by atoms with Gasteiger partial charge in [-0.05, 0) is 55.7 Å². The minimum Gasteiger partial charge on any atom is -0.321 e. The predicted molar refractivity (Wildman–Crippen MR) is 103 cm³/mol. The standard InChI is InChI=1S/C19H24N2O3S/c1-5-15-9-7-8-14(3)18(15)20-19(22)16-10-12-17(13-11-16)21(4)25(23,24)6-2/h7-13H,5-6H2,1-4H3,(H,20,22). The second-order valence-electron chi connectivity index (χ2n) is 5.83. The first-order valence-corrected chi connectivity index (χ1v) is 9.87. The van der Waals surface area contributed by atoms with Crippen molar-refractivity contribution in [1.82, 2.24) is 0 Å². The lowest BCUT2D eigenvalue weighted by Gasteiger charge is -2.18. The number of rotatable bonds is 6. The normalized spacial score (nSPS) is 11.2. The molecule has 0 saturated heterocycles. The van der Waals surface area contributed by atoms with Gasteiger partial charge in [-0.3, -0.25) is 9.10 Å². The van der Waals surface area contributed by atoms with E-state index in [-0.39, 0.29) is 11.7 Å². The summed E-state index contributed by atoms with van der Waals surface area (Å²) in [6.45, 7) is 5.60. The largest absolute Gasteiger partial charge is 0.321 e. The summed E-state index contributed by atoms with van der Waals surface area (Å²) >= 11 is 0. The molecule has 1 N–H and O–H groups in total. The van der Waals surface area contributed by atoms with Gasteiger partial charge in [0.1, 0.15) is 0 Å². The van der Waals surface area contributed by atoms with E-state index < -0.39 is 10.0 Å². The zero-order valence-electron chi connectivity index (χ0n) is 15.0. The predicted octanol–water partition coefficient (Wildman–Crippen LogP) is 3.60. The van der Waals surface area contributed by atoms with Crippen LogP contribution in [0.25, 0.3) is 0 Å². The van der Waals surface area contributed by atoms with Crippen molar-refractivity contribution in [3.8, 4) is 0 Å². The molecule has 5 nitrogen and oxygen atoms in total. The van der Waals surface area contributed by atoms with Crippen molar-refractivity contribution in [2.45, 2.75) is 27.2 Å². The molecule has 0 atom stereocenters. The Morgan fingerprint density at radius 3 is 2.28 bits per heavy atom. The van der Waals surface area contributed by atoms with Crippen molar-refractivity contribution in [3.05, 3.63) is 59.2 Å². The van der Waals surface area contributed by atoms with Crippen LogP contribution in [0.1, 0.15) is 35.3 Å². The number of para-hydroxylation sites is 1. The molecule has 0 aliphatic carbocycles. The van der Waals surface area contributed by atoms with Crippen LogP contribution >= 0.6 is 0 Å². The Bertz CT molecular complexity index is 859. The molecule has 0 saturated carbocycles. The van der Waals surface area contributed by atoms with Gasteiger partial charge in [0.05, 0.1) is 11.4 Å². The minimum atomic E-state index is -3.31. The molecule has 0 aromatic heterocycles. The number of carbonyl (C=O) groups excluding carboxylic acids is 1. The van der Waals surface area contributed by atoms with E-state index in [4.69, 9.17) is 0 Å². The first-order valence-electron chi connectivity index (χ1n) is 8.26. The number of benzene rings is 2. The molecule has 1 amide bonds. The molecule has 0 heterocycles. The van der Waals surface area contributed by atoms with Crippen LogP contribution in [0.4, 0.5) is 11.4 Å². The van der Waals surface area contributed by atoms with Crippen molar-refractivity contribution in [1.29, 1.82) is 0 Å². The van der Waals surface area contributed by atoms with Crippen LogP contribution in [-0.2, 0) is 16.4 Å². The third-order valence-corrected chi connectivity index (χ3v) is 6.03. The van der Waals surface area contributed by atoms with Crippen LogP contribution in [-0.4, -0.2) is 27.1 Å². The summed E-state index contributed by atoms with van der Waals surface area (Å²) in [5.41, 5.74) is 3.95. The number of hydrogen-bond donors (Lipinski definition) is 1. The maximum Gasteiger partial charge on any atom is 0.255 e. The Hall–Kier alpha value is -2.34. The lowest BCUT2D eigenvalue weighted by Crippen LogP contribution is -2.28. The summed E-state index contributed by atoms with van der Waals surface area (Å²) < 4.78 is 25.1. The number of nitrogens with zero attached hydrogens (tertiary/aromatic N) is 1. The van der Waals surface area contributed by atoms with Crippen molar-refractivity contribution < 1.29 is 13.2 Å². The Morgan fingerprint density at radius 1 is 1.08 bits per heavy atom. The van der Waals surface area contributed by atoms with E-state index in [1.165, 1.54) is 11.4 Å². The molecular weight excluding hydrogens is 336 g/mol. The van der Waals surface area contributed by atoms with Crippen LogP contribution in [0.2, 0.25) is 0 Å². The molecular formula is C19H24N2O3S. The molecule has 0 radical (unpaired) electrons. The molecule has 0 unspecified atom stereocenters. The van der Waals surface area contributed by atoms with Gasteiger partial charge < -0.3 is 5.32 Å². The van der Waals surface area contributed by atoms with E-state index in [9.17, 15) is 13.2 Å². The fourth-order valence-corrected chi connectivity index (χ4v) is 3.39. The zero-order valence-corrected chi connectivity index (χ0v) is 15.9. The van der Waals surface area contributed by atoms with Crippen LogP contribution in [0.15, 0.2) is 42.5 Å². The van der Waals surface area contributed by atoms with E-state index >= 15 is 0 Å². The van der Waals surface area contributed by atoms with E-state index in [0.29, 0.717) is 11.3 Å². The van der Waals surface area contributed by atoms with Crippen LogP contribution in [0.5, 0.6) is 0 Å². The molecule has 2 aromatic rings. The number of carbonyl (C=O) groups is 1. The first-order chi connectivity index (χ1) is 11.8. The molecule has 2 rings (SSSR count). The van der Waals surface area contributed by atoms with Gasteiger partial charge in [0.25, 0.3) is 5.91 Å². The fourth-order valence-electron chi connectivity index (χ4n) is 2.56. The van der Waals surface area contributed by atoms with E-state index in [0.717, 1.165) is 23.2 Å². The molecule has 0 fully saturated rings. The number of aryl methyl sites for hydroxylation is 2. The number of sulfonamides is 1. The highest BCUT2D eigenvalue weighted by Gasteiger charge is 2.16. The van der Waals surface area contributed by atoms with Crippen LogP contribution in [0, 0.1) is 6.92 Å². The molecule has 0 bridgehead atoms. The van der Waals surface area contributed by atoms with Gasteiger partial charge in [-0.2, -0.15) is 0 Å². The first kappa shape index (κ1) is 19.0. The van der Waals surface area contributed by atoms with Gasteiger partial charge in [0.2, 0.25) is 10.0 Å². The third kappa shape index (κ3) is 4.20. The molecule has 134 valence electrons. The highest BCUT2D eigenvalue weighted by Crippen LogP contribution is 2.23. The summed E-state index contributed by atoms with van der Waals surface area (Å²) in [6, 6.07) is 12.5. The fraction of sp³-hybridized carbons (Fsp3) is 0.316.